The molecule has 21 heavy (non-hydrogen) atoms. The average Bonchev–Trinajstić information content (AvgIpc) is 3.06. The van der Waals surface area contributed by atoms with E-state index in [-0.39, 0.29) is 23.1 Å². The van der Waals surface area contributed by atoms with E-state index in [2.05, 4.69) is 10.3 Å². The van der Waals surface area contributed by atoms with Crippen LogP contribution in [0.15, 0.2) is 11.0 Å². The Labute approximate surface area is 125 Å². The molecule has 2 aromatic rings. The van der Waals surface area contributed by atoms with E-state index in [9.17, 15) is 9.59 Å². The lowest BCUT2D eigenvalue weighted by molar-refractivity contribution is 0.0856. The first-order valence-electron chi connectivity index (χ1n) is 6.95. The summed E-state index contributed by atoms with van der Waals surface area (Å²) in [7, 11) is 0. The summed E-state index contributed by atoms with van der Waals surface area (Å²) >= 11 is 1.45. The summed E-state index contributed by atoms with van der Waals surface area (Å²) in [5.41, 5.74) is 0.597. The molecule has 1 aliphatic rings. The molecule has 3 heterocycles. The zero-order chi connectivity index (χ0) is 15.0. The monoisotopic (exact) mass is 307 g/mol. The lowest BCUT2D eigenvalue weighted by Crippen LogP contribution is -2.36. The van der Waals surface area contributed by atoms with Gasteiger partial charge >= 0.3 is 0 Å². The van der Waals surface area contributed by atoms with Gasteiger partial charge in [-0.1, -0.05) is 0 Å². The van der Waals surface area contributed by atoms with Crippen molar-refractivity contribution >= 4 is 22.2 Å². The maximum absolute atomic E-state index is 12.4. The zero-order valence-electron chi connectivity index (χ0n) is 12.0. The van der Waals surface area contributed by atoms with Crippen molar-refractivity contribution in [3.8, 4) is 0 Å². The predicted octanol–water partition coefficient (Wildman–Crippen LogP) is 1.28. The van der Waals surface area contributed by atoms with Gasteiger partial charge in [0.2, 0.25) is 0 Å². The molecular weight excluding hydrogens is 290 g/mol. The van der Waals surface area contributed by atoms with E-state index in [0.29, 0.717) is 11.5 Å². The Morgan fingerprint density at radius 2 is 2.38 bits per heavy atom. The second-order valence-electron chi connectivity index (χ2n) is 5.18. The highest BCUT2D eigenvalue weighted by molar-refractivity contribution is 7.17. The maximum Gasteiger partial charge on any atom is 0.271 e. The van der Waals surface area contributed by atoms with Crippen LogP contribution in [0, 0.1) is 13.8 Å². The average molecular weight is 307 g/mol. The molecule has 0 saturated carbocycles. The van der Waals surface area contributed by atoms with E-state index in [1.807, 2.05) is 13.8 Å². The number of carbonyl (C=O) groups is 1. The largest absolute Gasteiger partial charge is 0.376 e. The van der Waals surface area contributed by atoms with E-state index in [4.69, 9.17) is 4.74 Å². The number of aryl methyl sites for hydroxylation is 2. The molecule has 1 unspecified atom stereocenters. The summed E-state index contributed by atoms with van der Waals surface area (Å²) < 4.78 is 6.95. The molecule has 2 aromatic heterocycles. The number of carbonyl (C=O) groups excluding carboxylic acids is 1. The van der Waals surface area contributed by atoms with Crippen molar-refractivity contribution in [2.45, 2.75) is 32.8 Å². The molecule has 0 aromatic carbocycles. The lowest BCUT2D eigenvalue weighted by Gasteiger charge is -2.10. The van der Waals surface area contributed by atoms with Gasteiger partial charge in [0.05, 0.1) is 6.10 Å². The molecule has 7 heteroatoms. The number of thiazole rings is 1. The third kappa shape index (κ3) is 2.58. The van der Waals surface area contributed by atoms with Gasteiger partial charge in [0.25, 0.3) is 11.5 Å². The van der Waals surface area contributed by atoms with Crippen molar-refractivity contribution in [2.24, 2.45) is 0 Å². The molecular formula is C14H17N3O3S. The summed E-state index contributed by atoms with van der Waals surface area (Å²) in [5.74, 6) is -0.388. The maximum atomic E-state index is 12.4. The summed E-state index contributed by atoms with van der Waals surface area (Å²) in [5, 5.41) is 2.76. The number of ether oxygens (including phenoxy) is 1. The van der Waals surface area contributed by atoms with E-state index in [0.717, 1.165) is 30.0 Å². The Hall–Kier alpha value is -1.73. The van der Waals surface area contributed by atoms with Crippen LogP contribution in [-0.2, 0) is 4.74 Å². The Morgan fingerprint density at radius 1 is 1.57 bits per heavy atom. The van der Waals surface area contributed by atoms with Gasteiger partial charge < -0.3 is 10.1 Å². The zero-order valence-corrected chi connectivity index (χ0v) is 12.8. The number of aromatic nitrogens is 2. The van der Waals surface area contributed by atoms with Gasteiger partial charge in [-0.05, 0) is 26.7 Å². The van der Waals surface area contributed by atoms with Gasteiger partial charge in [0.1, 0.15) is 5.56 Å². The molecule has 0 aliphatic carbocycles. The van der Waals surface area contributed by atoms with Crippen molar-refractivity contribution < 1.29 is 9.53 Å². The number of hydrogen-bond acceptors (Lipinski definition) is 5. The molecule has 6 nitrogen and oxygen atoms in total. The minimum atomic E-state index is -0.388. The lowest BCUT2D eigenvalue weighted by atomic mass is 10.2. The molecule has 0 spiro atoms. The van der Waals surface area contributed by atoms with Crippen molar-refractivity contribution in [1.29, 1.82) is 0 Å². The quantitative estimate of drug-likeness (QED) is 0.927. The Morgan fingerprint density at radius 3 is 3.10 bits per heavy atom. The van der Waals surface area contributed by atoms with Crippen LogP contribution < -0.4 is 10.9 Å². The van der Waals surface area contributed by atoms with Crippen LogP contribution in [0.2, 0.25) is 0 Å². The normalized spacial score (nSPS) is 18.3. The van der Waals surface area contributed by atoms with Gasteiger partial charge in [-0.2, -0.15) is 0 Å². The molecule has 1 saturated heterocycles. The van der Waals surface area contributed by atoms with Gasteiger partial charge in [0, 0.05) is 29.9 Å². The topological polar surface area (TPSA) is 72.7 Å². The fourth-order valence-corrected chi connectivity index (χ4v) is 3.37. The summed E-state index contributed by atoms with van der Waals surface area (Å²) in [6.45, 7) is 4.97. The fourth-order valence-electron chi connectivity index (χ4n) is 2.44. The highest BCUT2D eigenvalue weighted by atomic mass is 32.1. The number of rotatable bonds is 3. The van der Waals surface area contributed by atoms with Crippen LogP contribution >= 0.6 is 11.3 Å². The number of nitrogens with one attached hydrogen (secondary N) is 1. The first kappa shape index (κ1) is 14.2. The summed E-state index contributed by atoms with van der Waals surface area (Å²) in [6, 6.07) is 0. The number of nitrogens with zero attached hydrogens (tertiary/aromatic N) is 2. The van der Waals surface area contributed by atoms with Crippen molar-refractivity contribution in [2.75, 3.05) is 13.2 Å². The first-order valence-corrected chi connectivity index (χ1v) is 7.77. The molecule has 3 rings (SSSR count). The number of fused-ring (bicyclic) bond motifs is 1. The first-order chi connectivity index (χ1) is 10.1. The third-order valence-corrected chi connectivity index (χ3v) is 4.85. The minimum absolute atomic E-state index is 0.0542. The molecule has 1 fully saturated rings. The Balaban J connectivity index is 1.86. The molecule has 112 valence electrons. The second-order valence-corrected chi connectivity index (χ2v) is 6.37. The van der Waals surface area contributed by atoms with Crippen LogP contribution in [0.5, 0.6) is 0 Å². The van der Waals surface area contributed by atoms with Crippen LogP contribution in [0.3, 0.4) is 0 Å². The van der Waals surface area contributed by atoms with E-state index in [1.54, 1.807) is 0 Å². The molecule has 0 bridgehead atoms. The van der Waals surface area contributed by atoms with Crippen LogP contribution in [0.1, 0.15) is 33.8 Å². The van der Waals surface area contributed by atoms with Crippen LogP contribution in [0.25, 0.3) is 4.96 Å². The SMILES string of the molecule is Cc1sc2ncc(C(=O)NCC3CCCO3)c(=O)n2c1C. The van der Waals surface area contributed by atoms with E-state index < -0.39 is 0 Å². The van der Waals surface area contributed by atoms with Gasteiger partial charge in [-0.15, -0.1) is 11.3 Å². The molecule has 1 aliphatic heterocycles. The van der Waals surface area contributed by atoms with Gasteiger partial charge in [0.15, 0.2) is 4.96 Å². The molecule has 1 N–H and O–H groups in total. The van der Waals surface area contributed by atoms with Crippen LogP contribution in [0.4, 0.5) is 0 Å². The van der Waals surface area contributed by atoms with Gasteiger partial charge in [-0.3, -0.25) is 14.0 Å². The van der Waals surface area contributed by atoms with Crippen molar-refractivity contribution in [3.05, 3.63) is 32.7 Å². The Kier molecular flexibility index (Phi) is 3.77. The summed E-state index contributed by atoms with van der Waals surface area (Å²) in [4.78, 5) is 30.5. The predicted molar refractivity (Wildman–Crippen MR) is 80.1 cm³/mol. The van der Waals surface area contributed by atoms with E-state index >= 15 is 0 Å². The smallest absolute Gasteiger partial charge is 0.271 e. The second kappa shape index (κ2) is 5.57. The third-order valence-electron chi connectivity index (χ3n) is 3.78. The van der Waals surface area contributed by atoms with Crippen LogP contribution in [-0.4, -0.2) is 34.5 Å². The Bertz CT molecular complexity index is 744. The molecule has 1 atom stereocenters. The van der Waals surface area contributed by atoms with E-state index in [1.165, 1.54) is 21.9 Å². The van der Waals surface area contributed by atoms with Crippen molar-refractivity contribution in [1.82, 2.24) is 14.7 Å². The minimum Gasteiger partial charge on any atom is -0.376 e. The molecule has 1 amide bonds. The summed E-state index contributed by atoms with van der Waals surface area (Å²) in [6.07, 6.45) is 3.37. The fraction of sp³-hybridized carbons (Fsp3) is 0.500. The standard InChI is InChI=1S/C14H17N3O3S/c1-8-9(2)21-14-16-7-11(13(19)17(8)14)12(18)15-6-10-4-3-5-20-10/h7,10H,3-6H2,1-2H3,(H,15,18). The number of amides is 1. The van der Waals surface area contributed by atoms with Gasteiger partial charge in [-0.25, -0.2) is 4.98 Å². The van der Waals surface area contributed by atoms with Crippen molar-refractivity contribution in [3.63, 3.8) is 0 Å². The highest BCUT2D eigenvalue weighted by Gasteiger charge is 2.19. The highest BCUT2D eigenvalue weighted by Crippen LogP contribution is 2.18. The molecule has 0 radical (unpaired) electrons. The number of hydrogen-bond donors (Lipinski definition) is 1.